The molecule has 1 radical (unpaired) electrons. The van der Waals surface area contributed by atoms with Crippen LogP contribution in [0.4, 0.5) is 0 Å². The summed E-state index contributed by atoms with van der Waals surface area (Å²) in [5.74, 6) is 0. The molecule has 0 aromatic heterocycles. The fourth-order valence-electron chi connectivity index (χ4n) is 0.601. The number of rotatable bonds is 2. The van der Waals surface area contributed by atoms with Gasteiger partial charge in [-0.2, -0.15) is 0 Å². The van der Waals surface area contributed by atoms with E-state index in [0.717, 1.165) is 0 Å². The Balaban J connectivity index is 3.83. The minimum absolute atomic E-state index is 0.447. The minimum Gasteiger partial charge on any atom is -0.380 e. The molecular formula is C8H18BO3. The molecule has 0 spiro atoms. The first-order valence-corrected chi connectivity index (χ1v) is 4.12. The molecule has 0 aromatic carbocycles. The summed E-state index contributed by atoms with van der Waals surface area (Å²) in [7, 11) is -1.40. The van der Waals surface area contributed by atoms with Gasteiger partial charge in [0.05, 0.1) is 0 Å². The molecule has 4 heteroatoms. The van der Waals surface area contributed by atoms with Crippen LogP contribution in [0, 0.1) is 0 Å². The van der Waals surface area contributed by atoms with Crippen LogP contribution in [0.1, 0.15) is 41.5 Å². The molecule has 12 heavy (non-hydrogen) atoms. The highest BCUT2D eigenvalue weighted by molar-refractivity contribution is 6.34. The lowest BCUT2D eigenvalue weighted by molar-refractivity contribution is -0.0146. The number of hydrogen-bond donors (Lipinski definition) is 0. The van der Waals surface area contributed by atoms with Gasteiger partial charge in [0.25, 0.3) is 0 Å². The predicted molar refractivity (Wildman–Crippen MR) is 48.1 cm³/mol. The summed E-state index contributed by atoms with van der Waals surface area (Å²) >= 11 is 0. The van der Waals surface area contributed by atoms with Crippen LogP contribution in [-0.4, -0.2) is 18.5 Å². The molecule has 0 heterocycles. The van der Waals surface area contributed by atoms with E-state index in [1.807, 2.05) is 41.5 Å². The lowest BCUT2D eigenvalue weighted by Crippen LogP contribution is -2.37. The van der Waals surface area contributed by atoms with Crippen LogP contribution < -0.4 is 0 Å². The topological polar surface area (TPSA) is 38.4 Å². The molecule has 0 aromatic rings. The molecule has 0 unspecified atom stereocenters. The molecule has 0 bridgehead atoms. The molecule has 0 aliphatic heterocycles. The standard InChI is InChI=1S/C8H18BO3/c1-7(2,3)11-9(10)12-8(4,5)6/h1-6H3. The Labute approximate surface area is 75.2 Å². The van der Waals surface area contributed by atoms with E-state index < -0.39 is 18.5 Å². The van der Waals surface area contributed by atoms with Crippen LogP contribution in [-0.2, 0) is 14.3 Å². The Bertz CT molecular complexity index is 118. The van der Waals surface area contributed by atoms with Crippen molar-refractivity contribution in [1.82, 2.24) is 0 Å². The van der Waals surface area contributed by atoms with Crippen molar-refractivity contribution in [3.8, 4) is 0 Å². The maximum atomic E-state index is 11.1. The van der Waals surface area contributed by atoms with Crippen molar-refractivity contribution in [1.29, 1.82) is 0 Å². The molecule has 0 atom stereocenters. The zero-order valence-corrected chi connectivity index (χ0v) is 8.80. The summed E-state index contributed by atoms with van der Waals surface area (Å²) in [4.78, 5) is 0. The summed E-state index contributed by atoms with van der Waals surface area (Å²) in [6.45, 7) is 10.9. The van der Waals surface area contributed by atoms with E-state index in [0.29, 0.717) is 0 Å². The van der Waals surface area contributed by atoms with Crippen molar-refractivity contribution in [2.45, 2.75) is 52.7 Å². The van der Waals surface area contributed by atoms with E-state index in [1.165, 1.54) is 0 Å². The Morgan fingerprint density at radius 2 is 1.08 bits per heavy atom. The van der Waals surface area contributed by atoms with E-state index in [4.69, 9.17) is 9.31 Å². The van der Waals surface area contributed by atoms with E-state index in [-0.39, 0.29) is 0 Å². The third kappa shape index (κ3) is 8.05. The van der Waals surface area contributed by atoms with E-state index in [2.05, 4.69) is 0 Å². The van der Waals surface area contributed by atoms with Gasteiger partial charge in [-0.3, -0.25) is 0 Å². The maximum Gasteiger partial charge on any atom is 0.667 e. The van der Waals surface area contributed by atoms with Crippen molar-refractivity contribution in [2.75, 3.05) is 0 Å². The normalized spacial score (nSPS) is 13.2. The predicted octanol–water partition coefficient (Wildman–Crippen LogP) is 2.03. The molecule has 0 amide bonds. The largest absolute Gasteiger partial charge is 0.667 e. The van der Waals surface area contributed by atoms with Gasteiger partial charge in [-0.25, -0.2) is 5.02 Å². The second-order valence-electron chi connectivity index (χ2n) is 4.75. The average molecular weight is 173 g/mol. The molecule has 0 N–H and O–H groups in total. The van der Waals surface area contributed by atoms with E-state index >= 15 is 0 Å². The highest BCUT2D eigenvalue weighted by Crippen LogP contribution is 2.13. The van der Waals surface area contributed by atoms with Gasteiger partial charge in [-0.1, -0.05) is 0 Å². The summed E-state index contributed by atoms with van der Waals surface area (Å²) in [6, 6.07) is 0. The SMILES string of the molecule is CC(C)(C)OB([O])OC(C)(C)C. The fraction of sp³-hybridized carbons (Fsp3) is 1.00. The monoisotopic (exact) mass is 173 g/mol. The van der Waals surface area contributed by atoms with Crippen molar-refractivity contribution in [3.05, 3.63) is 0 Å². The lowest BCUT2D eigenvalue weighted by Gasteiger charge is -2.25. The molecule has 0 saturated carbocycles. The van der Waals surface area contributed by atoms with Gasteiger partial charge in [-0.05, 0) is 41.5 Å². The summed E-state index contributed by atoms with van der Waals surface area (Å²) < 4.78 is 10.1. The van der Waals surface area contributed by atoms with Crippen LogP contribution in [0.5, 0.6) is 0 Å². The highest BCUT2D eigenvalue weighted by atomic mass is 16.7. The van der Waals surface area contributed by atoms with Gasteiger partial charge in [-0.15, -0.1) is 0 Å². The van der Waals surface area contributed by atoms with Crippen LogP contribution in [0.2, 0.25) is 0 Å². The van der Waals surface area contributed by atoms with E-state index in [1.54, 1.807) is 0 Å². The summed E-state index contributed by atoms with van der Waals surface area (Å²) in [5.41, 5.74) is -0.894. The second kappa shape index (κ2) is 3.77. The lowest BCUT2D eigenvalue weighted by atomic mass is 10.1. The van der Waals surface area contributed by atoms with Crippen LogP contribution in [0.15, 0.2) is 0 Å². The van der Waals surface area contributed by atoms with Gasteiger partial charge in [0.2, 0.25) is 0 Å². The Hall–Kier alpha value is -0.0551. The highest BCUT2D eigenvalue weighted by Gasteiger charge is 2.30. The molecule has 0 aliphatic rings. The quantitative estimate of drug-likeness (QED) is 0.599. The summed E-state index contributed by atoms with van der Waals surface area (Å²) in [5, 5.41) is 11.1. The molecule has 0 rings (SSSR count). The van der Waals surface area contributed by atoms with Crippen LogP contribution >= 0.6 is 0 Å². The second-order valence-corrected chi connectivity index (χ2v) is 4.75. The summed E-state index contributed by atoms with van der Waals surface area (Å²) in [6.07, 6.45) is 0. The van der Waals surface area contributed by atoms with Gasteiger partial charge in [0.15, 0.2) is 0 Å². The van der Waals surface area contributed by atoms with Crippen molar-refractivity contribution >= 4 is 7.32 Å². The molecule has 0 saturated heterocycles. The smallest absolute Gasteiger partial charge is 0.380 e. The average Bonchev–Trinajstić information content (AvgIpc) is 1.49. The maximum absolute atomic E-state index is 11.1. The third-order valence-electron chi connectivity index (χ3n) is 0.900. The Kier molecular flexibility index (Phi) is 3.75. The fourth-order valence-corrected chi connectivity index (χ4v) is 0.601. The molecule has 0 fully saturated rings. The van der Waals surface area contributed by atoms with Gasteiger partial charge >= 0.3 is 7.32 Å². The first-order valence-electron chi connectivity index (χ1n) is 4.12. The molecular weight excluding hydrogens is 155 g/mol. The first-order chi connectivity index (χ1) is 5.10. The Morgan fingerprint density at radius 3 is 1.25 bits per heavy atom. The van der Waals surface area contributed by atoms with Crippen molar-refractivity contribution in [2.24, 2.45) is 0 Å². The molecule has 71 valence electrons. The zero-order valence-electron chi connectivity index (χ0n) is 8.80. The molecule has 0 aliphatic carbocycles. The van der Waals surface area contributed by atoms with Crippen molar-refractivity contribution in [3.63, 3.8) is 0 Å². The Morgan fingerprint density at radius 1 is 0.833 bits per heavy atom. The van der Waals surface area contributed by atoms with E-state index in [9.17, 15) is 5.02 Å². The van der Waals surface area contributed by atoms with Crippen LogP contribution in [0.3, 0.4) is 0 Å². The first kappa shape index (κ1) is 11.9. The molecule has 3 nitrogen and oxygen atoms in total. The van der Waals surface area contributed by atoms with Gasteiger partial charge in [0, 0.05) is 11.2 Å². The minimum atomic E-state index is -1.40. The zero-order chi connectivity index (χ0) is 9.99. The number of hydrogen-bond acceptors (Lipinski definition) is 2. The van der Waals surface area contributed by atoms with Gasteiger partial charge in [0.1, 0.15) is 0 Å². The third-order valence-corrected chi connectivity index (χ3v) is 0.900. The van der Waals surface area contributed by atoms with Crippen molar-refractivity contribution < 1.29 is 14.3 Å². The van der Waals surface area contributed by atoms with Crippen LogP contribution in [0.25, 0.3) is 0 Å². The van der Waals surface area contributed by atoms with Gasteiger partial charge < -0.3 is 9.31 Å².